The Hall–Kier alpha value is -2.28. The van der Waals surface area contributed by atoms with Crippen molar-refractivity contribution in [2.24, 2.45) is 17.6 Å². The number of rotatable bonds is 9. The van der Waals surface area contributed by atoms with E-state index in [-0.39, 0.29) is 18.8 Å². The molecule has 174 valence electrons. The van der Waals surface area contributed by atoms with Gasteiger partial charge in [-0.3, -0.25) is 0 Å². The fourth-order valence-corrected chi connectivity index (χ4v) is 3.80. The van der Waals surface area contributed by atoms with Gasteiger partial charge < -0.3 is 25.4 Å². The van der Waals surface area contributed by atoms with Gasteiger partial charge in [-0.05, 0) is 76.8 Å². The lowest BCUT2D eigenvalue weighted by atomic mass is 9.81. The van der Waals surface area contributed by atoms with Crippen LogP contribution in [0.15, 0.2) is 30.3 Å². The SMILES string of the molecule is CC(C)(C)OC(=O)N(CCCN)C[C@H]1CC[C@H](CNC(=O)OCc2ccccc2)CC1. The fourth-order valence-electron chi connectivity index (χ4n) is 3.80. The summed E-state index contributed by atoms with van der Waals surface area (Å²) in [5.41, 5.74) is 6.12. The molecule has 0 atom stereocenters. The van der Waals surface area contributed by atoms with Crippen LogP contribution < -0.4 is 11.1 Å². The molecular weight excluding hydrogens is 394 g/mol. The van der Waals surface area contributed by atoms with E-state index in [4.69, 9.17) is 15.2 Å². The molecule has 1 aromatic carbocycles. The summed E-state index contributed by atoms with van der Waals surface area (Å²) >= 11 is 0. The number of ether oxygens (including phenoxy) is 2. The van der Waals surface area contributed by atoms with Crippen molar-refractivity contribution in [1.29, 1.82) is 0 Å². The first kappa shape index (κ1) is 25.0. The van der Waals surface area contributed by atoms with E-state index >= 15 is 0 Å². The minimum absolute atomic E-state index is 0.258. The van der Waals surface area contributed by atoms with Gasteiger partial charge in [-0.2, -0.15) is 0 Å². The van der Waals surface area contributed by atoms with Gasteiger partial charge in [0.1, 0.15) is 12.2 Å². The molecule has 0 aromatic heterocycles. The molecule has 7 heteroatoms. The summed E-state index contributed by atoms with van der Waals surface area (Å²) in [7, 11) is 0. The quantitative estimate of drug-likeness (QED) is 0.605. The lowest BCUT2D eigenvalue weighted by molar-refractivity contribution is 0.0201. The molecule has 2 rings (SSSR count). The Morgan fingerprint density at radius 2 is 1.74 bits per heavy atom. The normalized spacial score (nSPS) is 18.8. The van der Waals surface area contributed by atoms with Crippen LogP contribution in [0.2, 0.25) is 0 Å². The lowest BCUT2D eigenvalue weighted by Crippen LogP contribution is -2.41. The van der Waals surface area contributed by atoms with E-state index in [1.54, 1.807) is 0 Å². The van der Waals surface area contributed by atoms with Gasteiger partial charge in [0.15, 0.2) is 0 Å². The van der Waals surface area contributed by atoms with Crippen LogP contribution in [0, 0.1) is 11.8 Å². The van der Waals surface area contributed by atoms with E-state index in [9.17, 15) is 9.59 Å². The molecule has 3 N–H and O–H groups in total. The average Bonchev–Trinajstić information content (AvgIpc) is 2.74. The van der Waals surface area contributed by atoms with Gasteiger partial charge in [0.05, 0.1) is 0 Å². The van der Waals surface area contributed by atoms with E-state index < -0.39 is 5.60 Å². The van der Waals surface area contributed by atoms with Gasteiger partial charge in [-0.15, -0.1) is 0 Å². The van der Waals surface area contributed by atoms with E-state index in [1.165, 1.54) is 0 Å². The molecule has 0 saturated heterocycles. The first-order valence-electron chi connectivity index (χ1n) is 11.4. The number of hydrogen-bond donors (Lipinski definition) is 2. The largest absolute Gasteiger partial charge is 0.445 e. The van der Waals surface area contributed by atoms with Gasteiger partial charge in [0.25, 0.3) is 0 Å². The number of alkyl carbamates (subject to hydrolysis) is 1. The van der Waals surface area contributed by atoms with Crippen LogP contribution in [0.3, 0.4) is 0 Å². The molecule has 2 amide bonds. The second kappa shape index (κ2) is 12.5. The molecule has 1 aliphatic rings. The summed E-state index contributed by atoms with van der Waals surface area (Å²) in [6, 6.07) is 9.65. The van der Waals surface area contributed by atoms with E-state index in [0.717, 1.165) is 37.7 Å². The zero-order valence-corrected chi connectivity index (χ0v) is 19.3. The molecule has 0 bridgehead atoms. The predicted octanol–water partition coefficient (Wildman–Crippen LogP) is 4.31. The fraction of sp³-hybridized carbons (Fsp3) is 0.667. The average molecular weight is 434 g/mol. The Morgan fingerprint density at radius 3 is 2.35 bits per heavy atom. The first-order valence-corrected chi connectivity index (χ1v) is 11.4. The smallest absolute Gasteiger partial charge is 0.410 e. The van der Waals surface area contributed by atoms with Crippen LogP contribution in [0.25, 0.3) is 0 Å². The summed E-state index contributed by atoms with van der Waals surface area (Å²) in [6.07, 6.45) is 4.27. The molecule has 1 fully saturated rings. The highest BCUT2D eigenvalue weighted by atomic mass is 16.6. The third kappa shape index (κ3) is 10.0. The Labute approximate surface area is 186 Å². The van der Waals surface area contributed by atoms with Crippen molar-refractivity contribution in [3.8, 4) is 0 Å². The Kier molecular flexibility index (Phi) is 10.1. The number of amides is 2. The highest BCUT2D eigenvalue weighted by Gasteiger charge is 2.27. The minimum Gasteiger partial charge on any atom is -0.445 e. The van der Waals surface area contributed by atoms with Crippen molar-refractivity contribution >= 4 is 12.2 Å². The standard InChI is InChI=1S/C24H39N3O4/c1-24(2,3)31-23(29)27(15-7-14-25)17-20-12-10-19(11-13-20)16-26-22(28)30-18-21-8-5-4-6-9-21/h4-6,8-9,19-20H,7,10-18,25H2,1-3H3,(H,26,28)/t19-,20-. The van der Waals surface area contributed by atoms with E-state index in [2.05, 4.69) is 5.32 Å². The van der Waals surface area contributed by atoms with Gasteiger partial charge >= 0.3 is 12.2 Å². The summed E-state index contributed by atoms with van der Waals surface area (Å²) in [4.78, 5) is 26.3. The van der Waals surface area contributed by atoms with Crippen molar-refractivity contribution in [1.82, 2.24) is 10.2 Å². The van der Waals surface area contributed by atoms with Crippen LogP contribution in [0.1, 0.15) is 58.4 Å². The molecular formula is C24H39N3O4. The summed E-state index contributed by atoms with van der Waals surface area (Å²) in [6.45, 7) is 8.44. The molecule has 0 heterocycles. The number of nitrogens with zero attached hydrogens (tertiary/aromatic N) is 1. The van der Waals surface area contributed by atoms with Crippen LogP contribution in [-0.4, -0.2) is 48.9 Å². The van der Waals surface area contributed by atoms with Crippen molar-refractivity contribution in [2.75, 3.05) is 26.2 Å². The molecule has 1 aliphatic carbocycles. The molecule has 0 radical (unpaired) electrons. The van der Waals surface area contributed by atoms with Crippen LogP contribution in [0.5, 0.6) is 0 Å². The highest BCUT2D eigenvalue weighted by Crippen LogP contribution is 2.29. The first-order chi connectivity index (χ1) is 14.8. The number of nitrogens with two attached hydrogens (primary N) is 1. The molecule has 1 saturated carbocycles. The minimum atomic E-state index is -0.503. The third-order valence-electron chi connectivity index (χ3n) is 5.48. The zero-order valence-electron chi connectivity index (χ0n) is 19.3. The van der Waals surface area contributed by atoms with Crippen molar-refractivity contribution < 1.29 is 19.1 Å². The molecule has 0 aliphatic heterocycles. The second-order valence-corrected chi connectivity index (χ2v) is 9.40. The number of carbonyl (C=O) groups is 2. The second-order valence-electron chi connectivity index (χ2n) is 9.40. The van der Waals surface area contributed by atoms with Crippen molar-refractivity contribution in [3.05, 3.63) is 35.9 Å². The Bertz CT molecular complexity index is 667. The molecule has 1 aromatic rings. The Morgan fingerprint density at radius 1 is 1.10 bits per heavy atom. The molecule has 0 unspecified atom stereocenters. The van der Waals surface area contributed by atoms with Gasteiger partial charge in [-0.25, -0.2) is 9.59 Å². The van der Waals surface area contributed by atoms with Gasteiger partial charge in [-0.1, -0.05) is 30.3 Å². The number of nitrogens with one attached hydrogen (secondary N) is 1. The molecule has 0 spiro atoms. The number of hydrogen-bond acceptors (Lipinski definition) is 5. The summed E-state index contributed by atoms with van der Waals surface area (Å²) in [5.74, 6) is 0.895. The zero-order chi connectivity index (χ0) is 22.7. The van der Waals surface area contributed by atoms with Crippen LogP contribution in [0.4, 0.5) is 9.59 Å². The van der Waals surface area contributed by atoms with Crippen molar-refractivity contribution in [2.45, 2.75) is 65.1 Å². The molecule has 31 heavy (non-hydrogen) atoms. The number of benzene rings is 1. The van der Waals surface area contributed by atoms with Crippen molar-refractivity contribution in [3.63, 3.8) is 0 Å². The maximum absolute atomic E-state index is 12.5. The van der Waals surface area contributed by atoms with Gasteiger partial charge in [0.2, 0.25) is 0 Å². The Balaban J connectivity index is 1.70. The highest BCUT2D eigenvalue weighted by molar-refractivity contribution is 5.68. The van der Waals surface area contributed by atoms with Crippen LogP contribution in [-0.2, 0) is 16.1 Å². The van der Waals surface area contributed by atoms with E-state index in [1.807, 2.05) is 56.0 Å². The predicted molar refractivity (Wildman–Crippen MR) is 122 cm³/mol. The lowest BCUT2D eigenvalue weighted by Gasteiger charge is -2.33. The summed E-state index contributed by atoms with van der Waals surface area (Å²) < 4.78 is 10.8. The van der Waals surface area contributed by atoms with E-state index in [0.29, 0.717) is 38.0 Å². The summed E-state index contributed by atoms with van der Waals surface area (Å²) in [5, 5.41) is 2.89. The third-order valence-corrected chi connectivity index (χ3v) is 5.48. The topological polar surface area (TPSA) is 93.9 Å². The van der Waals surface area contributed by atoms with Gasteiger partial charge in [0, 0.05) is 19.6 Å². The maximum Gasteiger partial charge on any atom is 0.410 e. The maximum atomic E-state index is 12.5. The number of carbonyl (C=O) groups excluding carboxylic acids is 2. The van der Waals surface area contributed by atoms with Crippen LogP contribution >= 0.6 is 0 Å². The molecule has 7 nitrogen and oxygen atoms in total. The monoisotopic (exact) mass is 433 g/mol.